The molecule has 2 rings (SSSR count). The Morgan fingerprint density at radius 2 is 1.28 bits per heavy atom. The van der Waals surface area contributed by atoms with Crippen LogP contribution in [0.5, 0.6) is 0 Å². The Bertz CT molecular complexity index is 916. The van der Waals surface area contributed by atoms with Gasteiger partial charge >= 0.3 is 0 Å². The first kappa shape index (κ1) is 37.1. The van der Waals surface area contributed by atoms with Crippen LogP contribution in [-0.2, 0) is 33.3 Å². The van der Waals surface area contributed by atoms with Gasteiger partial charge in [-0.1, -0.05) is 0 Å². The molecule has 0 saturated carbocycles. The molecular formula is C24H43N3O16. The predicted octanol–water partition coefficient (Wildman–Crippen LogP) is -7.51. The minimum absolute atomic E-state index is 0.625. The Balaban J connectivity index is 2.31. The van der Waals surface area contributed by atoms with E-state index < -0.39 is 130 Å². The molecule has 19 nitrogen and oxygen atoms in total. The average molecular weight is 630 g/mol. The lowest BCUT2D eigenvalue weighted by molar-refractivity contribution is -0.330. The minimum Gasteiger partial charge on any atom is -0.394 e. The Morgan fingerprint density at radius 1 is 0.744 bits per heavy atom. The van der Waals surface area contributed by atoms with Crippen molar-refractivity contribution in [3.63, 3.8) is 0 Å². The van der Waals surface area contributed by atoms with E-state index >= 15 is 0 Å². The number of aliphatic hydroxyl groups excluding tert-OH is 9. The van der Waals surface area contributed by atoms with Gasteiger partial charge < -0.3 is 80.9 Å². The van der Waals surface area contributed by atoms with Crippen LogP contribution in [0.2, 0.25) is 0 Å². The van der Waals surface area contributed by atoms with Gasteiger partial charge in [-0.3, -0.25) is 14.4 Å². The number of nitrogens with one attached hydrogen (secondary N) is 3. The van der Waals surface area contributed by atoms with Crippen LogP contribution in [0.4, 0.5) is 0 Å². The zero-order chi connectivity index (χ0) is 32.6. The highest BCUT2D eigenvalue weighted by atomic mass is 16.7. The van der Waals surface area contributed by atoms with E-state index in [1.54, 1.807) is 0 Å². The van der Waals surface area contributed by atoms with Crippen molar-refractivity contribution >= 4 is 17.7 Å². The van der Waals surface area contributed by atoms with Crippen LogP contribution in [0.25, 0.3) is 0 Å². The molecule has 2 saturated heterocycles. The van der Waals surface area contributed by atoms with Crippen molar-refractivity contribution in [3.05, 3.63) is 0 Å². The van der Waals surface area contributed by atoms with Gasteiger partial charge in [0.25, 0.3) is 0 Å². The van der Waals surface area contributed by atoms with E-state index in [0.29, 0.717) is 0 Å². The highest BCUT2D eigenvalue weighted by Crippen LogP contribution is 2.30. The Kier molecular flexibility index (Phi) is 14.5. The third-order valence-corrected chi connectivity index (χ3v) is 6.94. The second kappa shape index (κ2) is 16.8. The van der Waals surface area contributed by atoms with E-state index in [9.17, 15) is 60.3 Å². The Morgan fingerprint density at radius 3 is 1.79 bits per heavy atom. The highest BCUT2D eigenvalue weighted by molar-refractivity contribution is 5.74. The summed E-state index contributed by atoms with van der Waals surface area (Å²) < 4.78 is 22.5. The van der Waals surface area contributed by atoms with Crippen LogP contribution in [-0.4, -0.2) is 176 Å². The van der Waals surface area contributed by atoms with Gasteiger partial charge in [-0.25, -0.2) is 0 Å². The maximum absolute atomic E-state index is 12.1. The van der Waals surface area contributed by atoms with Crippen molar-refractivity contribution in [2.45, 2.75) is 106 Å². The fourth-order valence-corrected chi connectivity index (χ4v) is 4.76. The van der Waals surface area contributed by atoms with Gasteiger partial charge in [-0.2, -0.15) is 0 Å². The molecule has 250 valence electrons. The van der Waals surface area contributed by atoms with E-state index in [2.05, 4.69) is 16.0 Å². The van der Waals surface area contributed by atoms with Crippen molar-refractivity contribution in [1.29, 1.82) is 0 Å². The van der Waals surface area contributed by atoms with Crippen molar-refractivity contribution in [2.75, 3.05) is 26.4 Å². The van der Waals surface area contributed by atoms with Gasteiger partial charge in [0.1, 0.15) is 67.0 Å². The summed E-state index contributed by atoms with van der Waals surface area (Å²) in [5, 5.41) is 98.8. The van der Waals surface area contributed by atoms with Crippen LogP contribution >= 0.6 is 0 Å². The third-order valence-electron chi connectivity index (χ3n) is 6.94. The maximum Gasteiger partial charge on any atom is 0.217 e. The standard InChI is InChI=1S/C24H43N3O16/c1-8(31)25-11(4-28)17(35)18(36)12(34)7-40-23-16(27-10(3)33)22(20(38)14(6-30)41-23)43-24-15(26-9(2)32)21(39)19(37)13(5-29)42-24/h11-24,28-30,34-39H,4-7H2,1-3H3,(H,25,31)(H,26,32)(H,27,33)/t11-,12+,13+,14+,15+,16+,17+,18-,19+,20-,21+,22+,23-,24-/m0/s1. The summed E-state index contributed by atoms with van der Waals surface area (Å²) in [6.45, 7) is 0.174. The lowest BCUT2D eigenvalue weighted by Crippen LogP contribution is -2.69. The quantitative estimate of drug-likeness (QED) is 0.0849. The number of amides is 3. The molecule has 0 aromatic heterocycles. The summed E-state index contributed by atoms with van der Waals surface area (Å²) in [5.41, 5.74) is 0. The predicted molar refractivity (Wildman–Crippen MR) is 138 cm³/mol. The van der Waals surface area contributed by atoms with Gasteiger partial charge in [0.2, 0.25) is 17.7 Å². The molecule has 2 fully saturated rings. The second-order valence-electron chi connectivity index (χ2n) is 10.3. The molecular weight excluding hydrogens is 586 g/mol. The summed E-state index contributed by atoms with van der Waals surface area (Å²) in [5.74, 6) is -1.97. The molecule has 2 heterocycles. The van der Waals surface area contributed by atoms with Crippen LogP contribution in [0.3, 0.4) is 0 Å². The highest BCUT2D eigenvalue weighted by Gasteiger charge is 2.52. The topological polar surface area (TPSA) is 306 Å². The van der Waals surface area contributed by atoms with Crippen molar-refractivity contribution in [2.24, 2.45) is 0 Å². The number of hydrogen-bond donors (Lipinski definition) is 12. The summed E-state index contributed by atoms with van der Waals surface area (Å²) in [4.78, 5) is 35.2. The molecule has 0 spiro atoms. The average Bonchev–Trinajstić information content (AvgIpc) is 2.95. The SMILES string of the molecule is CC(=O)N[C@H]1[C@H](O[C@H]2[C@@H](O)[C@@H](CO)O[C@H](OC[C@@H](O)[C@H](O)[C@H](O)[C@H](CO)NC(C)=O)[C@@H]2NC(C)=O)O[C@H](CO)[C@@H](O)[C@@H]1O. The number of hydrogen-bond acceptors (Lipinski definition) is 16. The molecule has 43 heavy (non-hydrogen) atoms. The van der Waals surface area contributed by atoms with Crippen LogP contribution < -0.4 is 16.0 Å². The minimum atomic E-state index is -1.96. The molecule has 0 bridgehead atoms. The molecule has 3 amide bonds. The van der Waals surface area contributed by atoms with Crippen molar-refractivity contribution < 1.29 is 79.3 Å². The van der Waals surface area contributed by atoms with Gasteiger partial charge in [0, 0.05) is 20.8 Å². The number of carbonyl (C=O) groups excluding carboxylic acids is 3. The fraction of sp³-hybridized carbons (Fsp3) is 0.875. The second-order valence-corrected chi connectivity index (χ2v) is 10.3. The molecule has 0 unspecified atom stereocenters. The fourth-order valence-electron chi connectivity index (χ4n) is 4.76. The van der Waals surface area contributed by atoms with E-state index in [1.165, 1.54) is 0 Å². The Hall–Kier alpha value is -2.11. The van der Waals surface area contributed by atoms with Crippen LogP contribution in [0, 0.1) is 0 Å². The molecule has 0 aromatic carbocycles. The first-order valence-electron chi connectivity index (χ1n) is 13.5. The normalized spacial score (nSPS) is 35.7. The largest absolute Gasteiger partial charge is 0.394 e. The van der Waals surface area contributed by atoms with Crippen molar-refractivity contribution in [1.82, 2.24) is 16.0 Å². The van der Waals surface area contributed by atoms with E-state index in [-0.39, 0.29) is 0 Å². The molecule has 2 aliphatic rings. The van der Waals surface area contributed by atoms with E-state index in [4.69, 9.17) is 18.9 Å². The first-order chi connectivity index (χ1) is 20.2. The maximum atomic E-state index is 12.1. The summed E-state index contributed by atoms with van der Waals surface area (Å²) in [7, 11) is 0. The molecule has 12 N–H and O–H groups in total. The monoisotopic (exact) mass is 629 g/mol. The Labute approximate surface area is 246 Å². The van der Waals surface area contributed by atoms with Crippen LogP contribution in [0.1, 0.15) is 20.8 Å². The van der Waals surface area contributed by atoms with Gasteiger partial charge in [-0.05, 0) is 0 Å². The van der Waals surface area contributed by atoms with Gasteiger partial charge in [0.15, 0.2) is 12.6 Å². The number of carbonyl (C=O) groups is 3. The molecule has 0 radical (unpaired) electrons. The van der Waals surface area contributed by atoms with E-state index in [1.807, 2.05) is 0 Å². The molecule has 19 heteroatoms. The number of aliphatic hydroxyl groups is 9. The number of rotatable bonds is 14. The zero-order valence-electron chi connectivity index (χ0n) is 23.8. The molecule has 14 atom stereocenters. The number of ether oxygens (including phenoxy) is 4. The molecule has 0 aliphatic carbocycles. The third kappa shape index (κ3) is 9.69. The van der Waals surface area contributed by atoms with Crippen LogP contribution in [0.15, 0.2) is 0 Å². The smallest absolute Gasteiger partial charge is 0.217 e. The lowest BCUT2D eigenvalue weighted by atomic mass is 9.94. The summed E-state index contributed by atoms with van der Waals surface area (Å²) in [6.07, 6.45) is -18.4. The molecule has 2 aliphatic heterocycles. The van der Waals surface area contributed by atoms with Crippen molar-refractivity contribution in [3.8, 4) is 0 Å². The van der Waals surface area contributed by atoms with E-state index in [0.717, 1.165) is 20.8 Å². The van der Waals surface area contributed by atoms with Gasteiger partial charge in [-0.15, -0.1) is 0 Å². The molecule has 0 aromatic rings. The van der Waals surface area contributed by atoms with Gasteiger partial charge in [0.05, 0.1) is 32.5 Å². The summed E-state index contributed by atoms with van der Waals surface area (Å²) >= 11 is 0. The zero-order valence-corrected chi connectivity index (χ0v) is 23.8. The lowest BCUT2D eigenvalue weighted by Gasteiger charge is -2.48. The summed E-state index contributed by atoms with van der Waals surface area (Å²) in [6, 6.07) is -4.21. The first-order valence-corrected chi connectivity index (χ1v) is 13.5.